The first kappa shape index (κ1) is 15.4. The number of benzene rings is 1. The fraction of sp³-hybridized carbons (Fsp3) is 0.417. The standard InChI is InChI=1S/C12H14Br2INO/c1-8(13)5-6-16(2)12(17)10-7-9(15)3-4-11(10)14/h3-4,7-8H,5-6H2,1-2H3. The van der Waals surface area contributed by atoms with E-state index < -0.39 is 0 Å². The number of halogens is 3. The summed E-state index contributed by atoms with van der Waals surface area (Å²) in [7, 11) is 1.84. The van der Waals surface area contributed by atoms with Crippen molar-refractivity contribution in [2.24, 2.45) is 0 Å². The molecule has 0 bridgehead atoms. The van der Waals surface area contributed by atoms with E-state index >= 15 is 0 Å². The lowest BCUT2D eigenvalue weighted by atomic mass is 10.2. The number of carbonyl (C=O) groups excluding carboxylic acids is 1. The molecule has 0 aliphatic carbocycles. The highest BCUT2D eigenvalue weighted by molar-refractivity contribution is 14.1. The van der Waals surface area contributed by atoms with E-state index in [9.17, 15) is 4.79 Å². The second-order valence-corrected chi connectivity index (χ2v) is 7.58. The highest BCUT2D eigenvalue weighted by Gasteiger charge is 2.15. The van der Waals surface area contributed by atoms with Gasteiger partial charge in [0.2, 0.25) is 0 Å². The van der Waals surface area contributed by atoms with Gasteiger partial charge in [0, 0.05) is 26.5 Å². The van der Waals surface area contributed by atoms with Gasteiger partial charge in [-0.3, -0.25) is 4.79 Å². The molecule has 1 atom stereocenters. The maximum Gasteiger partial charge on any atom is 0.254 e. The maximum atomic E-state index is 12.2. The first-order chi connectivity index (χ1) is 7.91. The van der Waals surface area contributed by atoms with Gasteiger partial charge in [-0.05, 0) is 63.1 Å². The zero-order valence-corrected chi connectivity index (χ0v) is 15.0. The van der Waals surface area contributed by atoms with Crippen molar-refractivity contribution in [3.05, 3.63) is 31.8 Å². The molecule has 1 unspecified atom stereocenters. The van der Waals surface area contributed by atoms with Gasteiger partial charge in [-0.25, -0.2) is 0 Å². The molecule has 0 aliphatic rings. The number of carbonyl (C=O) groups is 1. The molecule has 1 aromatic rings. The van der Waals surface area contributed by atoms with Crippen LogP contribution in [0.5, 0.6) is 0 Å². The molecule has 0 N–H and O–H groups in total. The van der Waals surface area contributed by atoms with E-state index in [0.717, 1.165) is 26.6 Å². The van der Waals surface area contributed by atoms with Gasteiger partial charge in [-0.1, -0.05) is 22.9 Å². The predicted molar refractivity (Wildman–Crippen MR) is 86.8 cm³/mol. The van der Waals surface area contributed by atoms with Crippen LogP contribution in [0.15, 0.2) is 22.7 Å². The second-order valence-electron chi connectivity index (χ2n) is 3.92. The molecule has 1 aromatic carbocycles. The number of alkyl halides is 1. The highest BCUT2D eigenvalue weighted by Crippen LogP contribution is 2.21. The molecule has 0 saturated carbocycles. The topological polar surface area (TPSA) is 20.3 Å². The first-order valence-electron chi connectivity index (χ1n) is 5.26. The van der Waals surface area contributed by atoms with E-state index in [1.807, 2.05) is 25.2 Å². The first-order valence-corrected chi connectivity index (χ1v) is 8.05. The van der Waals surface area contributed by atoms with Gasteiger partial charge >= 0.3 is 0 Å². The Morgan fingerprint density at radius 2 is 2.18 bits per heavy atom. The summed E-state index contributed by atoms with van der Waals surface area (Å²) in [6, 6.07) is 5.79. The predicted octanol–water partition coefficient (Wildman–Crippen LogP) is 4.30. The van der Waals surface area contributed by atoms with Crippen molar-refractivity contribution in [1.82, 2.24) is 4.90 Å². The molecule has 17 heavy (non-hydrogen) atoms. The lowest BCUT2D eigenvalue weighted by molar-refractivity contribution is 0.0793. The molecular weight excluding hydrogens is 461 g/mol. The molecule has 0 radical (unpaired) electrons. The van der Waals surface area contributed by atoms with Crippen LogP contribution in [0.4, 0.5) is 0 Å². The summed E-state index contributed by atoms with van der Waals surface area (Å²) in [5.74, 6) is 0.0588. The van der Waals surface area contributed by atoms with Crippen LogP contribution in [0.25, 0.3) is 0 Å². The average Bonchev–Trinajstić information content (AvgIpc) is 2.28. The zero-order chi connectivity index (χ0) is 13.0. The molecular formula is C12H14Br2INO. The SMILES string of the molecule is CC(Br)CCN(C)C(=O)c1cc(I)ccc1Br. The van der Waals surface area contributed by atoms with Crippen molar-refractivity contribution in [3.63, 3.8) is 0 Å². The average molecular weight is 475 g/mol. The van der Waals surface area contributed by atoms with E-state index in [0.29, 0.717) is 4.83 Å². The van der Waals surface area contributed by atoms with Gasteiger partial charge in [0.25, 0.3) is 5.91 Å². The number of nitrogens with zero attached hydrogens (tertiary/aromatic N) is 1. The van der Waals surface area contributed by atoms with Crippen molar-refractivity contribution < 1.29 is 4.79 Å². The Balaban J connectivity index is 2.78. The summed E-state index contributed by atoms with van der Waals surface area (Å²) in [5, 5.41) is 0. The van der Waals surface area contributed by atoms with E-state index in [-0.39, 0.29) is 5.91 Å². The minimum Gasteiger partial charge on any atom is -0.342 e. The van der Waals surface area contributed by atoms with E-state index in [1.54, 1.807) is 4.90 Å². The van der Waals surface area contributed by atoms with Gasteiger partial charge in [-0.15, -0.1) is 0 Å². The van der Waals surface area contributed by atoms with Crippen molar-refractivity contribution in [2.45, 2.75) is 18.2 Å². The third-order valence-corrected chi connectivity index (χ3v) is 4.19. The Morgan fingerprint density at radius 3 is 2.76 bits per heavy atom. The summed E-state index contributed by atoms with van der Waals surface area (Å²) in [6.45, 7) is 2.84. The smallest absolute Gasteiger partial charge is 0.254 e. The minimum atomic E-state index is 0.0588. The van der Waals surface area contributed by atoms with Crippen LogP contribution in [0.2, 0.25) is 0 Å². The lowest BCUT2D eigenvalue weighted by Crippen LogP contribution is -2.29. The second kappa shape index (κ2) is 7.09. The van der Waals surface area contributed by atoms with Gasteiger partial charge < -0.3 is 4.90 Å². The number of hydrogen-bond donors (Lipinski definition) is 0. The Morgan fingerprint density at radius 1 is 1.53 bits per heavy atom. The van der Waals surface area contributed by atoms with E-state index in [1.165, 1.54) is 0 Å². The van der Waals surface area contributed by atoms with Crippen molar-refractivity contribution >= 4 is 60.4 Å². The van der Waals surface area contributed by atoms with Crippen LogP contribution in [0.3, 0.4) is 0 Å². The quantitative estimate of drug-likeness (QED) is 0.470. The van der Waals surface area contributed by atoms with Crippen LogP contribution in [0.1, 0.15) is 23.7 Å². The van der Waals surface area contributed by atoms with Crippen LogP contribution in [0, 0.1) is 3.57 Å². The van der Waals surface area contributed by atoms with Gasteiger partial charge in [-0.2, -0.15) is 0 Å². The van der Waals surface area contributed by atoms with Crippen LogP contribution < -0.4 is 0 Å². The molecule has 0 saturated heterocycles. The lowest BCUT2D eigenvalue weighted by Gasteiger charge is -2.18. The van der Waals surface area contributed by atoms with Gasteiger partial charge in [0.1, 0.15) is 0 Å². The molecule has 0 spiro atoms. The van der Waals surface area contributed by atoms with E-state index in [4.69, 9.17) is 0 Å². The summed E-state index contributed by atoms with van der Waals surface area (Å²) in [6.07, 6.45) is 0.948. The molecule has 0 heterocycles. The fourth-order valence-electron chi connectivity index (χ4n) is 1.34. The summed E-state index contributed by atoms with van der Waals surface area (Å²) in [5.41, 5.74) is 0.724. The van der Waals surface area contributed by atoms with Crippen molar-refractivity contribution in [2.75, 3.05) is 13.6 Å². The molecule has 1 rings (SSSR count). The zero-order valence-electron chi connectivity index (χ0n) is 9.71. The fourth-order valence-corrected chi connectivity index (χ4v) is 2.45. The molecule has 5 heteroatoms. The Kier molecular flexibility index (Phi) is 6.44. The third kappa shape index (κ3) is 4.87. The normalized spacial score (nSPS) is 12.3. The maximum absolute atomic E-state index is 12.2. The number of amides is 1. The molecule has 0 fully saturated rings. The number of hydrogen-bond acceptors (Lipinski definition) is 1. The minimum absolute atomic E-state index is 0.0588. The Labute approximate surface area is 133 Å². The summed E-state index contributed by atoms with van der Waals surface area (Å²) < 4.78 is 1.91. The molecule has 0 aliphatic heterocycles. The monoisotopic (exact) mass is 473 g/mol. The van der Waals surface area contributed by atoms with Crippen molar-refractivity contribution in [3.8, 4) is 0 Å². The molecule has 0 aromatic heterocycles. The molecule has 94 valence electrons. The molecule has 2 nitrogen and oxygen atoms in total. The van der Waals surface area contributed by atoms with E-state index in [2.05, 4.69) is 61.4 Å². The molecule has 1 amide bonds. The summed E-state index contributed by atoms with van der Waals surface area (Å²) in [4.78, 5) is 14.4. The highest BCUT2D eigenvalue weighted by atomic mass is 127. The Bertz CT molecular complexity index is 409. The largest absolute Gasteiger partial charge is 0.342 e. The van der Waals surface area contributed by atoms with Crippen LogP contribution >= 0.6 is 54.5 Å². The Hall–Kier alpha value is 0.380. The van der Waals surface area contributed by atoms with Crippen LogP contribution in [-0.2, 0) is 0 Å². The number of rotatable bonds is 4. The van der Waals surface area contributed by atoms with Gasteiger partial charge in [0.15, 0.2) is 0 Å². The van der Waals surface area contributed by atoms with Crippen molar-refractivity contribution in [1.29, 1.82) is 0 Å². The third-order valence-electron chi connectivity index (χ3n) is 2.37. The summed E-state index contributed by atoms with van der Waals surface area (Å²) >= 11 is 9.12. The van der Waals surface area contributed by atoms with Crippen LogP contribution in [-0.4, -0.2) is 29.2 Å². The van der Waals surface area contributed by atoms with Gasteiger partial charge in [0.05, 0.1) is 5.56 Å².